The Balaban J connectivity index is 1.42. The summed E-state index contributed by atoms with van der Waals surface area (Å²) >= 11 is 11.3. The number of hydrogen-bond donors (Lipinski definition) is 1. The van der Waals surface area contributed by atoms with E-state index in [-0.39, 0.29) is 6.10 Å². The maximum Gasteiger partial charge on any atom is 0.338 e. The van der Waals surface area contributed by atoms with Gasteiger partial charge in [-0.05, 0) is 67.8 Å². The van der Waals surface area contributed by atoms with Gasteiger partial charge >= 0.3 is 5.97 Å². The third kappa shape index (κ3) is 6.54. The number of allylic oxidation sites excluding steroid dienone is 1. The van der Waals surface area contributed by atoms with Gasteiger partial charge < -0.3 is 14.8 Å². The predicted octanol–water partition coefficient (Wildman–Crippen LogP) is 7.81. The first-order valence-electron chi connectivity index (χ1n) is 12.8. The van der Waals surface area contributed by atoms with Crippen molar-refractivity contribution in [3.63, 3.8) is 0 Å². The molecular weight excluding hydrogens is 612 g/mol. The summed E-state index contributed by atoms with van der Waals surface area (Å²) in [5, 5.41) is 9.32. The fraction of sp³-hybridized carbons (Fsp3) is 0.233. The molecule has 0 spiro atoms. The SMILES string of the molecule is CC1=C(C(=O)OC(C)C)C(c2ccc(OCc3cccc(Br)c3)cc2)n2nc(SCc3ccccc3Cl)nc2N1. The van der Waals surface area contributed by atoms with Crippen LogP contribution in [0.25, 0.3) is 0 Å². The number of halogens is 2. The third-order valence-electron chi connectivity index (χ3n) is 6.20. The van der Waals surface area contributed by atoms with Crippen molar-refractivity contribution in [2.45, 2.75) is 50.4 Å². The molecule has 1 atom stereocenters. The number of ether oxygens (including phenoxy) is 2. The van der Waals surface area contributed by atoms with Gasteiger partial charge in [-0.25, -0.2) is 9.48 Å². The second-order valence-electron chi connectivity index (χ2n) is 9.55. The van der Waals surface area contributed by atoms with Gasteiger partial charge in [0, 0.05) is 20.9 Å². The van der Waals surface area contributed by atoms with Crippen LogP contribution in [0.4, 0.5) is 5.95 Å². The summed E-state index contributed by atoms with van der Waals surface area (Å²) in [4.78, 5) is 18.0. The molecular formula is C30H28BrClN4O3S. The van der Waals surface area contributed by atoms with E-state index < -0.39 is 12.0 Å². The summed E-state index contributed by atoms with van der Waals surface area (Å²) in [5.74, 6) is 1.50. The number of carbonyl (C=O) groups is 1. The van der Waals surface area contributed by atoms with Gasteiger partial charge in [-0.2, -0.15) is 4.98 Å². The Labute approximate surface area is 251 Å². The minimum atomic E-state index is -0.524. The van der Waals surface area contributed by atoms with Gasteiger partial charge in [0.15, 0.2) is 0 Å². The Morgan fingerprint density at radius 1 is 1.12 bits per heavy atom. The number of nitrogens with zero attached hydrogens (tertiary/aromatic N) is 3. The smallest absolute Gasteiger partial charge is 0.338 e. The zero-order chi connectivity index (χ0) is 28.2. The van der Waals surface area contributed by atoms with Crippen molar-refractivity contribution in [1.82, 2.24) is 14.8 Å². The first-order valence-corrected chi connectivity index (χ1v) is 14.9. The molecule has 2 heterocycles. The van der Waals surface area contributed by atoms with Crippen LogP contribution in [0.3, 0.4) is 0 Å². The van der Waals surface area contributed by atoms with Crippen LogP contribution in [0.2, 0.25) is 5.02 Å². The lowest BCUT2D eigenvalue weighted by atomic mass is 9.95. The molecule has 206 valence electrons. The fourth-order valence-electron chi connectivity index (χ4n) is 4.34. The topological polar surface area (TPSA) is 78.3 Å². The molecule has 1 aliphatic rings. The lowest BCUT2D eigenvalue weighted by molar-refractivity contribution is -0.143. The number of hydrogen-bond acceptors (Lipinski definition) is 7. The van der Waals surface area contributed by atoms with Crippen molar-refractivity contribution in [2.24, 2.45) is 0 Å². The van der Waals surface area contributed by atoms with Crippen LogP contribution >= 0.6 is 39.3 Å². The molecule has 0 radical (unpaired) electrons. The summed E-state index contributed by atoms with van der Waals surface area (Å²) in [6, 6.07) is 22.9. The predicted molar refractivity (Wildman–Crippen MR) is 162 cm³/mol. The standard InChI is InChI=1S/C30H28BrClN4O3S/c1-18(2)39-28(37)26-19(3)33-29-34-30(40-17-22-8-4-5-10-25(22)32)35-36(29)27(26)21-11-13-24(14-12-21)38-16-20-7-6-9-23(31)15-20/h4-15,18,27H,16-17H2,1-3H3,(H,33,34,35). The quantitative estimate of drug-likeness (QED) is 0.148. The molecule has 40 heavy (non-hydrogen) atoms. The van der Waals surface area contributed by atoms with Gasteiger partial charge in [0.05, 0.1) is 11.7 Å². The molecule has 0 bridgehead atoms. The van der Waals surface area contributed by atoms with Gasteiger partial charge in [0.2, 0.25) is 11.1 Å². The highest BCUT2D eigenvalue weighted by molar-refractivity contribution is 9.10. The summed E-state index contributed by atoms with van der Waals surface area (Å²) in [6.45, 7) is 5.96. The summed E-state index contributed by atoms with van der Waals surface area (Å²) in [6.07, 6.45) is -0.263. The average molecular weight is 640 g/mol. The Hall–Kier alpha value is -3.27. The molecule has 0 saturated carbocycles. The van der Waals surface area contributed by atoms with E-state index in [1.165, 1.54) is 11.8 Å². The number of fused-ring (bicyclic) bond motifs is 1. The first-order chi connectivity index (χ1) is 19.3. The van der Waals surface area contributed by atoms with E-state index in [0.717, 1.165) is 26.9 Å². The molecule has 0 saturated heterocycles. The number of thioether (sulfide) groups is 1. The Morgan fingerprint density at radius 3 is 2.62 bits per heavy atom. The molecule has 0 amide bonds. The maximum absolute atomic E-state index is 13.3. The molecule has 1 unspecified atom stereocenters. The number of aromatic nitrogens is 3. The minimum Gasteiger partial charge on any atom is -0.489 e. The molecule has 0 aliphatic carbocycles. The van der Waals surface area contributed by atoms with Crippen molar-refractivity contribution >= 4 is 51.2 Å². The van der Waals surface area contributed by atoms with Gasteiger partial charge in [0.25, 0.3) is 0 Å². The maximum atomic E-state index is 13.3. The molecule has 1 aromatic heterocycles. The number of nitrogens with one attached hydrogen (secondary N) is 1. The van der Waals surface area contributed by atoms with Gasteiger partial charge in [0.1, 0.15) is 18.4 Å². The second-order valence-corrected chi connectivity index (χ2v) is 11.8. The monoisotopic (exact) mass is 638 g/mol. The lowest BCUT2D eigenvalue weighted by Gasteiger charge is -2.28. The number of carbonyl (C=O) groups excluding carboxylic acids is 1. The summed E-state index contributed by atoms with van der Waals surface area (Å²) in [5.41, 5.74) is 4.08. The van der Waals surface area contributed by atoms with E-state index in [1.807, 2.05) is 93.6 Å². The van der Waals surface area contributed by atoms with Crippen molar-refractivity contribution < 1.29 is 14.3 Å². The van der Waals surface area contributed by atoms with Crippen LogP contribution < -0.4 is 10.1 Å². The molecule has 0 fully saturated rings. The molecule has 4 aromatic rings. The van der Waals surface area contributed by atoms with Crippen LogP contribution in [0.1, 0.15) is 43.5 Å². The Kier molecular flexibility index (Phi) is 8.83. The van der Waals surface area contributed by atoms with Crippen LogP contribution in [-0.4, -0.2) is 26.8 Å². The molecule has 5 rings (SSSR count). The highest BCUT2D eigenvalue weighted by Gasteiger charge is 2.35. The Bertz CT molecular complexity index is 1550. The fourth-order valence-corrected chi connectivity index (χ4v) is 5.90. The van der Waals surface area contributed by atoms with Crippen molar-refractivity contribution in [1.29, 1.82) is 0 Å². The van der Waals surface area contributed by atoms with E-state index in [4.69, 9.17) is 31.2 Å². The van der Waals surface area contributed by atoms with Crippen LogP contribution in [-0.2, 0) is 21.9 Å². The highest BCUT2D eigenvalue weighted by atomic mass is 79.9. The van der Waals surface area contributed by atoms with Gasteiger partial charge in [-0.1, -0.05) is 81.8 Å². The third-order valence-corrected chi connectivity index (χ3v) is 7.95. The average Bonchev–Trinajstić information content (AvgIpc) is 3.33. The van der Waals surface area contributed by atoms with Crippen LogP contribution in [0, 0.1) is 0 Å². The minimum absolute atomic E-state index is 0.263. The van der Waals surface area contributed by atoms with E-state index >= 15 is 0 Å². The van der Waals surface area contributed by atoms with Crippen molar-refractivity contribution in [2.75, 3.05) is 5.32 Å². The van der Waals surface area contributed by atoms with Crippen molar-refractivity contribution in [3.05, 3.63) is 110 Å². The van der Waals surface area contributed by atoms with E-state index in [1.54, 1.807) is 4.68 Å². The lowest BCUT2D eigenvalue weighted by Crippen LogP contribution is -2.30. The van der Waals surface area contributed by atoms with E-state index in [9.17, 15) is 4.79 Å². The zero-order valence-corrected chi connectivity index (χ0v) is 25.4. The zero-order valence-electron chi connectivity index (χ0n) is 22.2. The van der Waals surface area contributed by atoms with Gasteiger partial charge in [-0.15, -0.1) is 5.10 Å². The number of esters is 1. The molecule has 7 nitrogen and oxygen atoms in total. The van der Waals surface area contributed by atoms with E-state index in [0.29, 0.717) is 39.8 Å². The van der Waals surface area contributed by atoms with Crippen LogP contribution in [0.5, 0.6) is 5.75 Å². The van der Waals surface area contributed by atoms with Crippen molar-refractivity contribution in [3.8, 4) is 5.75 Å². The second kappa shape index (κ2) is 12.5. The summed E-state index contributed by atoms with van der Waals surface area (Å²) < 4.78 is 14.4. The van der Waals surface area contributed by atoms with Gasteiger partial charge in [-0.3, -0.25) is 0 Å². The molecule has 1 aliphatic heterocycles. The summed E-state index contributed by atoms with van der Waals surface area (Å²) in [7, 11) is 0. The molecule has 10 heteroatoms. The Morgan fingerprint density at radius 2 is 1.90 bits per heavy atom. The largest absolute Gasteiger partial charge is 0.489 e. The number of anilines is 1. The number of rotatable bonds is 9. The molecule has 1 N–H and O–H groups in total. The first kappa shape index (κ1) is 28.3. The number of benzene rings is 3. The molecule has 3 aromatic carbocycles. The van der Waals surface area contributed by atoms with Crippen LogP contribution in [0.15, 0.2) is 93.7 Å². The highest BCUT2D eigenvalue weighted by Crippen LogP contribution is 2.38. The normalized spacial score (nSPS) is 14.6. The van der Waals surface area contributed by atoms with E-state index in [2.05, 4.69) is 21.2 Å².